The van der Waals surface area contributed by atoms with Crippen LogP contribution in [0, 0.1) is 0 Å². The molecule has 5 heteroatoms. The quantitative estimate of drug-likeness (QED) is 0.853. The van der Waals surface area contributed by atoms with Crippen LogP contribution < -0.4 is 11.1 Å². The number of amides is 1. The summed E-state index contributed by atoms with van der Waals surface area (Å²) in [5, 5.41) is 2.73. The highest BCUT2D eigenvalue weighted by Gasteiger charge is 2.11. The lowest BCUT2D eigenvalue weighted by atomic mass is 10.1. The monoisotopic (exact) mass is 308 g/mol. The zero-order valence-corrected chi connectivity index (χ0v) is 11.5. The van der Waals surface area contributed by atoms with Gasteiger partial charge in [0.25, 0.3) is 5.91 Å². The number of carbonyl (C=O) groups is 1. The van der Waals surface area contributed by atoms with Crippen LogP contribution in [-0.4, -0.2) is 5.91 Å². The van der Waals surface area contributed by atoms with E-state index in [0.717, 1.165) is 12.0 Å². The summed E-state index contributed by atoms with van der Waals surface area (Å²) in [6.45, 7) is 2.03. The minimum Gasteiger partial charge on any atom is -0.444 e. The molecule has 0 atom stereocenters. The summed E-state index contributed by atoms with van der Waals surface area (Å²) in [6, 6.07) is 8.75. The largest absolute Gasteiger partial charge is 0.444 e. The van der Waals surface area contributed by atoms with Gasteiger partial charge in [-0.15, -0.1) is 0 Å². The number of halogens is 1. The van der Waals surface area contributed by atoms with E-state index in [1.54, 1.807) is 18.2 Å². The van der Waals surface area contributed by atoms with Crippen LogP contribution in [0.25, 0.3) is 0 Å². The predicted molar refractivity (Wildman–Crippen MR) is 74.6 cm³/mol. The van der Waals surface area contributed by atoms with E-state index in [1.807, 2.05) is 19.1 Å². The van der Waals surface area contributed by atoms with E-state index in [1.165, 1.54) is 0 Å². The molecule has 0 bridgehead atoms. The minimum atomic E-state index is -0.302. The summed E-state index contributed by atoms with van der Waals surface area (Å²) < 4.78 is 5.69. The van der Waals surface area contributed by atoms with Crippen molar-refractivity contribution >= 4 is 33.2 Å². The van der Waals surface area contributed by atoms with Crippen LogP contribution in [0.3, 0.4) is 0 Å². The van der Waals surface area contributed by atoms with Gasteiger partial charge in [-0.2, -0.15) is 0 Å². The maximum atomic E-state index is 11.8. The number of furan rings is 1. The molecule has 0 spiro atoms. The first-order valence-corrected chi connectivity index (χ1v) is 6.34. The molecule has 3 N–H and O–H groups in total. The third kappa shape index (κ3) is 2.73. The number of nitrogens with one attached hydrogen (secondary N) is 1. The van der Waals surface area contributed by atoms with Gasteiger partial charge in [0.05, 0.1) is 0 Å². The molecule has 1 aromatic carbocycles. The van der Waals surface area contributed by atoms with Crippen LogP contribution in [0.4, 0.5) is 11.4 Å². The Morgan fingerprint density at radius 2 is 2.17 bits per heavy atom. The van der Waals surface area contributed by atoms with E-state index < -0.39 is 0 Å². The van der Waals surface area contributed by atoms with Gasteiger partial charge in [0.1, 0.15) is 0 Å². The highest BCUT2D eigenvalue weighted by molar-refractivity contribution is 9.10. The first-order valence-electron chi connectivity index (χ1n) is 5.55. The van der Waals surface area contributed by atoms with Crippen LogP contribution in [0.15, 0.2) is 39.4 Å². The van der Waals surface area contributed by atoms with E-state index >= 15 is 0 Å². The molecule has 2 rings (SSSR count). The molecule has 18 heavy (non-hydrogen) atoms. The Morgan fingerprint density at radius 3 is 2.72 bits per heavy atom. The van der Waals surface area contributed by atoms with Gasteiger partial charge in [-0.25, -0.2) is 0 Å². The van der Waals surface area contributed by atoms with Crippen molar-refractivity contribution in [1.29, 1.82) is 0 Å². The molecule has 2 aromatic rings. The average molecular weight is 309 g/mol. The molecule has 1 amide bonds. The molecular formula is C13H13BrN2O2. The summed E-state index contributed by atoms with van der Waals surface area (Å²) >= 11 is 3.15. The third-order valence-corrected chi connectivity index (χ3v) is 3.01. The number of hydrogen-bond acceptors (Lipinski definition) is 3. The van der Waals surface area contributed by atoms with Crippen LogP contribution >= 0.6 is 15.9 Å². The number of carbonyl (C=O) groups excluding carboxylic acids is 1. The molecule has 0 aliphatic heterocycles. The molecule has 1 aromatic heterocycles. The van der Waals surface area contributed by atoms with Crippen molar-refractivity contribution in [2.75, 3.05) is 11.1 Å². The lowest BCUT2D eigenvalue weighted by molar-refractivity contribution is 0.0995. The van der Waals surface area contributed by atoms with E-state index in [4.69, 9.17) is 10.2 Å². The smallest absolute Gasteiger partial charge is 0.291 e. The van der Waals surface area contributed by atoms with Crippen molar-refractivity contribution in [3.8, 4) is 0 Å². The second kappa shape index (κ2) is 5.27. The first kappa shape index (κ1) is 12.7. The summed E-state index contributed by atoms with van der Waals surface area (Å²) in [4.78, 5) is 11.8. The zero-order chi connectivity index (χ0) is 13.1. The predicted octanol–water partition coefficient (Wildman–Crippen LogP) is 3.44. The summed E-state index contributed by atoms with van der Waals surface area (Å²) in [6.07, 6.45) is 0.866. The van der Waals surface area contributed by atoms with Crippen molar-refractivity contribution in [2.45, 2.75) is 13.3 Å². The minimum absolute atomic E-state index is 0.250. The molecule has 0 radical (unpaired) electrons. The molecule has 94 valence electrons. The lowest BCUT2D eigenvalue weighted by Crippen LogP contribution is -2.11. The van der Waals surface area contributed by atoms with Gasteiger partial charge in [0.2, 0.25) is 0 Å². The molecule has 0 unspecified atom stereocenters. The second-order valence-corrected chi connectivity index (χ2v) is 4.61. The Balaban J connectivity index is 2.14. The maximum absolute atomic E-state index is 11.8. The van der Waals surface area contributed by atoms with E-state index in [9.17, 15) is 4.79 Å². The molecule has 0 saturated heterocycles. The Labute approximate surface area is 113 Å². The van der Waals surface area contributed by atoms with Gasteiger partial charge in [-0.1, -0.05) is 13.0 Å². The number of rotatable bonds is 3. The summed E-state index contributed by atoms with van der Waals surface area (Å²) in [7, 11) is 0. The second-order valence-electron chi connectivity index (χ2n) is 3.83. The fourth-order valence-electron chi connectivity index (χ4n) is 1.62. The molecule has 0 fully saturated rings. The van der Waals surface area contributed by atoms with Crippen molar-refractivity contribution < 1.29 is 9.21 Å². The average Bonchev–Trinajstić information content (AvgIpc) is 2.76. The van der Waals surface area contributed by atoms with Crippen LogP contribution in [0.1, 0.15) is 23.0 Å². The first-order chi connectivity index (χ1) is 8.60. The SMILES string of the molecule is CCc1ccc(NC(=O)c2ccc(Br)o2)cc1N. The summed E-state index contributed by atoms with van der Waals surface area (Å²) in [5.74, 6) is -0.0515. The Kier molecular flexibility index (Phi) is 3.72. The number of benzene rings is 1. The van der Waals surface area contributed by atoms with Crippen molar-refractivity contribution in [2.24, 2.45) is 0 Å². The normalized spacial score (nSPS) is 10.3. The molecule has 0 aliphatic carbocycles. The van der Waals surface area contributed by atoms with Gasteiger partial charge < -0.3 is 15.5 Å². The van der Waals surface area contributed by atoms with Crippen LogP contribution in [0.2, 0.25) is 0 Å². The number of nitrogens with two attached hydrogens (primary N) is 1. The Bertz CT molecular complexity index is 578. The topological polar surface area (TPSA) is 68.3 Å². The lowest BCUT2D eigenvalue weighted by Gasteiger charge is -2.07. The number of aryl methyl sites for hydroxylation is 1. The van der Waals surface area contributed by atoms with Crippen LogP contribution in [0.5, 0.6) is 0 Å². The van der Waals surface area contributed by atoms with Crippen molar-refractivity contribution in [1.82, 2.24) is 0 Å². The zero-order valence-electron chi connectivity index (χ0n) is 9.87. The number of anilines is 2. The fraction of sp³-hybridized carbons (Fsp3) is 0.154. The van der Waals surface area contributed by atoms with Gasteiger partial charge >= 0.3 is 0 Å². The molecule has 4 nitrogen and oxygen atoms in total. The third-order valence-electron chi connectivity index (χ3n) is 2.58. The molecular weight excluding hydrogens is 296 g/mol. The molecule has 0 saturated carbocycles. The molecule has 1 heterocycles. The van der Waals surface area contributed by atoms with Crippen molar-refractivity contribution in [3.63, 3.8) is 0 Å². The van der Waals surface area contributed by atoms with Crippen LogP contribution in [-0.2, 0) is 6.42 Å². The number of nitrogen functional groups attached to an aromatic ring is 1. The maximum Gasteiger partial charge on any atom is 0.291 e. The molecule has 0 aliphatic rings. The van der Waals surface area contributed by atoms with E-state index in [-0.39, 0.29) is 11.7 Å². The Morgan fingerprint density at radius 1 is 1.39 bits per heavy atom. The highest BCUT2D eigenvalue weighted by Crippen LogP contribution is 2.20. The number of hydrogen-bond donors (Lipinski definition) is 2. The van der Waals surface area contributed by atoms with E-state index in [2.05, 4.69) is 21.2 Å². The Hall–Kier alpha value is -1.75. The van der Waals surface area contributed by atoms with Gasteiger partial charge in [-0.05, 0) is 52.2 Å². The van der Waals surface area contributed by atoms with E-state index in [0.29, 0.717) is 16.0 Å². The van der Waals surface area contributed by atoms with Gasteiger partial charge in [-0.3, -0.25) is 4.79 Å². The van der Waals surface area contributed by atoms with Gasteiger partial charge in [0, 0.05) is 11.4 Å². The van der Waals surface area contributed by atoms with Gasteiger partial charge in [0.15, 0.2) is 10.4 Å². The fourth-order valence-corrected chi connectivity index (χ4v) is 1.93. The standard InChI is InChI=1S/C13H13BrN2O2/c1-2-8-3-4-9(7-10(8)15)16-13(17)11-5-6-12(14)18-11/h3-7H,2,15H2,1H3,(H,16,17). The van der Waals surface area contributed by atoms with Crippen molar-refractivity contribution in [3.05, 3.63) is 46.3 Å². The highest BCUT2D eigenvalue weighted by atomic mass is 79.9. The summed E-state index contributed by atoms with van der Waals surface area (Å²) in [5.41, 5.74) is 8.26.